The molecule has 4 rings (SSSR count). The molecule has 1 aliphatic heterocycles. The quantitative estimate of drug-likeness (QED) is 0.572. The molecule has 0 spiro atoms. The van der Waals surface area contributed by atoms with E-state index in [0.29, 0.717) is 10.6 Å². The molecule has 2 aromatic heterocycles. The molecule has 0 unspecified atom stereocenters. The van der Waals surface area contributed by atoms with Crippen molar-refractivity contribution in [3.05, 3.63) is 61.9 Å². The Labute approximate surface area is 179 Å². The van der Waals surface area contributed by atoms with Crippen LogP contribution >= 0.6 is 34.4 Å². The first-order chi connectivity index (χ1) is 14.0. The van der Waals surface area contributed by atoms with Crippen molar-refractivity contribution in [3.63, 3.8) is 0 Å². The number of aromatic nitrogens is 1. The zero-order valence-electron chi connectivity index (χ0n) is 15.2. The van der Waals surface area contributed by atoms with Crippen LogP contribution < -0.4 is 5.32 Å². The molecule has 0 bridgehead atoms. The van der Waals surface area contributed by atoms with E-state index in [1.54, 1.807) is 23.5 Å². The third kappa shape index (κ3) is 4.47. The van der Waals surface area contributed by atoms with Gasteiger partial charge in [0.1, 0.15) is 6.54 Å². The van der Waals surface area contributed by atoms with Crippen molar-refractivity contribution in [1.29, 1.82) is 0 Å². The van der Waals surface area contributed by atoms with Gasteiger partial charge in [-0.1, -0.05) is 18.2 Å². The number of carbonyl (C=O) groups excluding carboxylic acids is 3. The van der Waals surface area contributed by atoms with Crippen molar-refractivity contribution in [2.45, 2.75) is 6.92 Å². The van der Waals surface area contributed by atoms with Gasteiger partial charge in [-0.2, -0.15) is 0 Å². The van der Waals surface area contributed by atoms with Crippen molar-refractivity contribution in [3.8, 4) is 11.3 Å². The highest BCUT2D eigenvalue weighted by Crippen LogP contribution is 2.33. The van der Waals surface area contributed by atoms with Crippen LogP contribution in [0.5, 0.6) is 0 Å². The van der Waals surface area contributed by atoms with E-state index in [4.69, 9.17) is 0 Å². The van der Waals surface area contributed by atoms with E-state index in [9.17, 15) is 14.4 Å². The predicted molar refractivity (Wildman–Crippen MR) is 118 cm³/mol. The molecule has 9 heteroatoms. The maximum absolute atomic E-state index is 12.5. The van der Waals surface area contributed by atoms with Gasteiger partial charge in [-0.15, -0.1) is 22.7 Å². The topological polar surface area (TPSA) is 79.4 Å². The number of carbonyl (C=O) groups is 3. The van der Waals surface area contributed by atoms with E-state index < -0.39 is 17.1 Å². The van der Waals surface area contributed by atoms with Gasteiger partial charge in [0.15, 0.2) is 0 Å². The van der Waals surface area contributed by atoms with Gasteiger partial charge in [-0.25, -0.2) is 4.98 Å². The first kappa shape index (κ1) is 19.6. The molecule has 1 saturated heterocycles. The highest BCUT2D eigenvalue weighted by atomic mass is 32.2. The Bertz CT molecular complexity index is 1120. The van der Waals surface area contributed by atoms with Crippen LogP contribution in [-0.4, -0.2) is 33.5 Å². The second-order valence-corrected chi connectivity index (χ2v) is 9.20. The van der Waals surface area contributed by atoms with Crippen LogP contribution in [0.4, 0.5) is 10.5 Å². The lowest BCUT2D eigenvalue weighted by atomic mass is 10.1. The maximum Gasteiger partial charge on any atom is 0.294 e. The molecule has 0 saturated carbocycles. The molecule has 1 fully saturated rings. The fourth-order valence-corrected chi connectivity index (χ4v) is 4.92. The van der Waals surface area contributed by atoms with Gasteiger partial charge in [0, 0.05) is 21.5 Å². The van der Waals surface area contributed by atoms with E-state index >= 15 is 0 Å². The molecule has 146 valence electrons. The first-order valence-electron chi connectivity index (χ1n) is 8.61. The predicted octanol–water partition coefficient (Wildman–Crippen LogP) is 4.86. The van der Waals surface area contributed by atoms with Gasteiger partial charge in [-0.3, -0.25) is 19.3 Å². The zero-order chi connectivity index (χ0) is 20.4. The number of hydrogen-bond acceptors (Lipinski definition) is 7. The number of benzene rings is 1. The number of hydrogen-bond donors (Lipinski definition) is 1. The summed E-state index contributed by atoms with van der Waals surface area (Å²) in [6.45, 7) is 1.61. The van der Waals surface area contributed by atoms with Gasteiger partial charge < -0.3 is 5.32 Å². The molecule has 3 heterocycles. The second kappa shape index (κ2) is 8.32. The molecular weight excluding hydrogens is 426 g/mol. The summed E-state index contributed by atoms with van der Waals surface area (Å²) in [5.74, 6) is -0.883. The number of anilines is 1. The zero-order valence-corrected chi connectivity index (χ0v) is 17.7. The van der Waals surface area contributed by atoms with Crippen LogP contribution in [0.2, 0.25) is 0 Å². The smallest absolute Gasteiger partial charge is 0.294 e. The summed E-state index contributed by atoms with van der Waals surface area (Å²) in [5.41, 5.74) is 2.31. The summed E-state index contributed by atoms with van der Waals surface area (Å²) in [5, 5.41) is 7.12. The van der Waals surface area contributed by atoms with Crippen molar-refractivity contribution in [2.75, 3.05) is 11.9 Å². The van der Waals surface area contributed by atoms with E-state index in [1.165, 1.54) is 11.3 Å². The van der Waals surface area contributed by atoms with Gasteiger partial charge in [0.05, 0.1) is 15.6 Å². The third-order valence-corrected chi connectivity index (χ3v) is 6.55. The number of nitrogens with zero attached hydrogens (tertiary/aromatic N) is 2. The summed E-state index contributed by atoms with van der Waals surface area (Å²) in [6.07, 6.45) is 1.67. The van der Waals surface area contributed by atoms with Crippen molar-refractivity contribution < 1.29 is 14.4 Å². The molecule has 1 aliphatic rings. The lowest BCUT2D eigenvalue weighted by Crippen LogP contribution is -2.36. The Morgan fingerprint density at radius 3 is 2.79 bits per heavy atom. The highest BCUT2D eigenvalue weighted by molar-refractivity contribution is 8.18. The monoisotopic (exact) mass is 441 g/mol. The molecular formula is C20H15N3O3S3. The molecule has 1 N–H and O–H groups in total. The summed E-state index contributed by atoms with van der Waals surface area (Å²) < 4.78 is 0. The average Bonchev–Trinajstić information content (AvgIpc) is 3.41. The van der Waals surface area contributed by atoms with Gasteiger partial charge in [0.25, 0.3) is 11.1 Å². The standard InChI is InChI=1S/C20H15N3O3S3/c1-12-21-16(11-28-12)13-4-2-5-14(8-13)22-18(24)10-23-19(25)17(29-20(23)26)9-15-6-3-7-27-15/h2-9,11H,10H2,1H3,(H,22,24)/b17-9-. The molecule has 1 aromatic carbocycles. The largest absolute Gasteiger partial charge is 0.325 e. The summed E-state index contributed by atoms with van der Waals surface area (Å²) in [6, 6.07) is 11.0. The number of aryl methyl sites for hydroxylation is 1. The minimum atomic E-state index is -0.449. The first-order valence-corrected chi connectivity index (χ1v) is 11.2. The molecule has 6 nitrogen and oxygen atoms in total. The maximum atomic E-state index is 12.5. The van der Waals surface area contributed by atoms with Gasteiger partial charge >= 0.3 is 0 Å². The second-order valence-electron chi connectivity index (χ2n) is 6.16. The lowest BCUT2D eigenvalue weighted by Gasteiger charge is -2.12. The molecule has 0 atom stereocenters. The fourth-order valence-electron chi connectivity index (χ4n) is 2.74. The van der Waals surface area contributed by atoms with Crippen LogP contribution in [0.25, 0.3) is 17.3 Å². The Kier molecular flexibility index (Phi) is 5.61. The molecule has 29 heavy (non-hydrogen) atoms. The van der Waals surface area contributed by atoms with Crippen LogP contribution in [0.1, 0.15) is 9.88 Å². The normalized spacial score (nSPS) is 15.3. The summed E-state index contributed by atoms with van der Waals surface area (Å²) in [7, 11) is 0. The molecule has 3 amide bonds. The van der Waals surface area contributed by atoms with Crippen LogP contribution in [-0.2, 0) is 9.59 Å². The number of rotatable bonds is 5. The van der Waals surface area contributed by atoms with Crippen LogP contribution in [0.15, 0.2) is 52.1 Å². The number of imide groups is 1. The van der Waals surface area contributed by atoms with Gasteiger partial charge in [0.2, 0.25) is 5.91 Å². The van der Waals surface area contributed by atoms with Gasteiger partial charge in [-0.05, 0) is 48.3 Å². The summed E-state index contributed by atoms with van der Waals surface area (Å²) in [4.78, 5) is 43.8. The Hall–Kier alpha value is -2.75. The Morgan fingerprint density at radius 2 is 2.07 bits per heavy atom. The van der Waals surface area contributed by atoms with Crippen molar-refractivity contribution >= 4 is 63.3 Å². The summed E-state index contributed by atoms with van der Waals surface area (Å²) >= 11 is 3.88. The fraction of sp³-hybridized carbons (Fsp3) is 0.100. The Balaban J connectivity index is 1.43. The van der Waals surface area contributed by atoms with Crippen LogP contribution in [0.3, 0.4) is 0 Å². The molecule has 0 radical (unpaired) electrons. The number of thiazole rings is 1. The minimum Gasteiger partial charge on any atom is -0.325 e. The molecule has 0 aliphatic carbocycles. The van der Waals surface area contributed by atoms with E-state index in [1.807, 2.05) is 48.0 Å². The molecule has 3 aromatic rings. The number of thiophene rings is 1. The van der Waals surface area contributed by atoms with Crippen molar-refractivity contribution in [2.24, 2.45) is 0 Å². The lowest BCUT2D eigenvalue weighted by molar-refractivity contribution is -0.127. The SMILES string of the molecule is Cc1nc(-c2cccc(NC(=O)CN3C(=O)S/C(=C\c4cccs4)C3=O)c2)cs1. The highest BCUT2D eigenvalue weighted by Gasteiger charge is 2.36. The number of amides is 3. The van der Waals surface area contributed by atoms with E-state index in [2.05, 4.69) is 10.3 Å². The number of thioether (sulfide) groups is 1. The third-order valence-electron chi connectivity index (χ3n) is 4.05. The van der Waals surface area contributed by atoms with E-state index in [-0.39, 0.29) is 6.54 Å². The number of nitrogens with one attached hydrogen (secondary N) is 1. The van der Waals surface area contributed by atoms with E-state index in [0.717, 1.165) is 37.8 Å². The minimum absolute atomic E-state index is 0.325. The average molecular weight is 442 g/mol. The Morgan fingerprint density at radius 1 is 1.21 bits per heavy atom. The van der Waals surface area contributed by atoms with Crippen molar-refractivity contribution in [1.82, 2.24) is 9.88 Å². The van der Waals surface area contributed by atoms with Crippen LogP contribution in [0, 0.1) is 6.92 Å².